The van der Waals surface area contributed by atoms with Crippen molar-refractivity contribution >= 4 is 23.4 Å². The van der Waals surface area contributed by atoms with Gasteiger partial charge in [-0.25, -0.2) is 0 Å². The summed E-state index contributed by atoms with van der Waals surface area (Å²) in [4.78, 5) is 27.2. The van der Waals surface area contributed by atoms with Crippen molar-refractivity contribution in [2.24, 2.45) is 0 Å². The molecule has 2 aromatic carbocycles. The molecular formula is C22H27ClN2O4. The summed E-state index contributed by atoms with van der Waals surface area (Å²) in [6.45, 7) is 2.85. The number of benzene rings is 2. The Labute approximate surface area is 176 Å². The topological polar surface area (TPSA) is 67.9 Å². The summed E-state index contributed by atoms with van der Waals surface area (Å²) in [6, 6.07) is 13.9. The fourth-order valence-electron chi connectivity index (χ4n) is 2.81. The van der Waals surface area contributed by atoms with Crippen LogP contribution in [0.5, 0.6) is 5.75 Å². The van der Waals surface area contributed by atoms with Crippen LogP contribution in [-0.2, 0) is 27.3 Å². The molecule has 2 amide bonds. The van der Waals surface area contributed by atoms with Crippen LogP contribution < -0.4 is 10.1 Å². The zero-order valence-electron chi connectivity index (χ0n) is 17.0. The van der Waals surface area contributed by atoms with E-state index in [2.05, 4.69) is 5.32 Å². The van der Waals surface area contributed by atoms with Gasteiger partial charge in [-0.1, -0.05) is 35.9 Å². The van der Waals surface area contributed by atoms with Gasteiger partial charge in [0.05, 0.1) is 20.1 Å². The largest absolute Gasteiger partial charge is 0.497 e. The highest BCUT2D eigenvalue weighted by Gasteiger charge is 2.26. The lowest BCUT2D eigenvalue weighted by Crippen LogP contribution is -2.48. The van der Waals surface area contributed by atoms with E-state index in [4.69, 9.17) is 21.1 Å². The Bertz CT molecular complexity index is 793. The predicted octanol–water partition coefficient (Wildman–Crippen LogP) is 3.07. The highest BCUT2D eigenvalue weighted by Crippen LogP contribution is 2.17. The Morgan fingerprint density at radius 1 is 1.03 bits per heavy atom. The molecule has 1 N–H and O–H groups in total. The fourth-order valence-corrected chi connectivity index (χ4v) is 2.94. The predicted molar refractivity (Wildman–Crippen MR) is 113 cm³/mol. The van der Waals surface area contributed by atoms with Crippen molar-refractivity contribution in [2.45, 2.75) is 25.9 Å². The first kappa shape index (κ1) is 22.7. The van der Waals surface area contributed by atoms with Crippen LogP contribution >= 0.6 is 11.6 Å². The average molecular weight is 419 g/mol. The molecule has 0 saturated heterocycles. The standard InChI is InChI=1S/C22H27ClN2O4/c1-16(22(27)24-12-13-28-2)25(15-18-6-10-20(29-3)11-7-18)21(26)14-17-4-8-19(23)9-5-17/h4-11,16H,12-15H2,1-3H3,(H,24,27)/t16-/m0/s1. The minimum Gasteiger partial charge on any atom is -0.497 e. The maximum atomic E-state index is 13.1. The molecular weight excluding hydrogens is 392 g/mol. The van der Waals surface area contributed by atoms with Crippen LogP contribution in [0.15, 0.2) is 48.5 Å². The number of ether oxygens (including phenoxy) is 2. The van der Waals surface area contributed by atoms with Gasteiger partial charge in [0.1, 0.15) is 11.8 Å². The van der Waals surface area contributed by atoms with E-state index < -0.39 is 6.04 Å². The fraction of sp³-hybridized carbons (Fsp3) is 0.364. The van der Waals surface area contributed by atoms with E-state index >= 15 is 0 Å². The molecule has 0 saturated carbocycles. The summed E-state index contributed by atoms with van der Waals surface area (Å²) in [5.74, 6) is 0.371. The SMILES string of the molecule is COCCNC(=O)[C@H](C)N(Cc1ccc(OC)cc1)C(=O)Cc1ccc(Cl)cc1. The number of rotatable bonds is 10. The Hall–Kier alpha value is -2.57. The van der Waals surface area contributed by atoms with E-state index in [0.29, 0.717) is 24.7 Å². The molecule has 0 heterocycles. The van der Waals surface area contributed by atoms with Gasteiger partial charge in [0.25, 0.3) is 0 Å². The molecule has 0 unspecified atom stereocenters. The molecule has 0 aliphatic heterocycles. The van der Waals surface area contributed by atoms with E-state index in [0.717, 1.165) is 16.9 Å². The summed E-state index contributed by atoms with van der Waals surface area (Å²) >= 11 is 5.93. The molecule has 0 aromatic heterocycles. The third kappa shape index (κ3) is 7.07. The molecule has 2 aromatic rings. The highest BCUT2D eigenvalue weighted by molar-refractivity contribution is 6.30. The molecule has 6 nitrogen and oxygen atoms in total. The number of halogens is 1. The number of carbonyl (C=O) groups is 2. The number of hydrogen-bond donors (Lipinski definition) is 1. The smallest absolute Gasteiger partial charge is 0.242 e. The van der Waals surface area contributed by atoms with Crippen LogP contribution in [0.3, 0.4) is 0 Å². The number of nitrogens with one attached hydrogen (secondary N) is 1. The van der Waals surface area contributed by atoms with Crippen LogP contribution in [0.25, 0.3) is 0 Å². The monoisotopic (exact) mass is 418 g/mol. The second kappa shape index (κ2) is 11.4. The van der Waals surface area contributed by atoms with Crippen molar-refractivity contribution < 1.29 is 19.1 Å². The third-order valence-corrected chi connectivity index (χ3v) is 4.81. The van der Waals surface area contributed by atoms with E-state index in [9.17, 15) is 9.59 Å². The van der Waals surface area contributed by atoms with Gasteiger partial charge in [0.15, 0.2) is 0 Å². The highest BCUT2D eigenvalue weighted by atomic mass is 35.5. The lowest BCUT2D eigenvalue weighted by molar-refractivity contribution is -0.140. The normalized spacial score (nSPS) is 11.6. The van der Waals surface area contributed by atoms with Gasteiger partial charge in [-0.15, -0.1) is 0 Å². The number of methoxy groups -OCH3 is 2. The zero-order valence-corrected chi connectivity index (χ0v) is 17.7. The molecule has 2 rings (SSSR count). The molecule has 0 spiro atoms. The minimum atomic E-state index is -0.631. The van der Waals surface area contributed by atoms with Crippen LogP contribution in [0, 0.1) is 0 Å². The van der Waals surface area contributed by atoms with Crippen LogP contribution in [-0.4, -0.2) is 50.1 Å². The van der Waals surface area contributed by atoms with Gasteiger partial charge in [-0.2, -0.15) is 0 Å². The number of hydrogen-bond acceptors (Lipinski definition) is 4. The lowest BCUT2D eigenvalue weighted by Gasteiger charge is -2.29. The van der Waals surface area contributed by atoms with Crippen LogP contribution in [0.2, 0.25) is 5.02 Å². The van der Waals surface area contributed by atoms with Gasteiger partial charge in [0, 0.05) is 25.2 Å². The first-order chi connectivity index (χ1) is 13.9. The summed E-state index contributed by atoms with van der Waals surface area (Å²) in [5, 5.41) is 3.41. The minimum absolute atomic E-state index is 0.141. The van der Waals surface area contributed by atoms with E-state index in [-0.39, 0.29) is 18.2 Å². The van der Waals surface area contributed by atoms with E-state index in [1.807, 2.05) is 36.4 Å². The molecule has 7 heteroatoms. The van der Waals surface area contributed by atoms with Gasteiger partial charge in [-0.05, 0) is 42.3 Å². The molecule has 0 fully saturated rings. The molecule has 0 aliphatic rings. The van der Waals surface area contributed by atoms with Gasteiger partial charge in [0.2, 0.25) is 11.8 Å². The third-order valence-electron chi connectivity index (χ3n) is 4.55. The summed E-state index contributed by atoms with van der Waals surface area (Å²) < 4.78 is 10.2. The molecule has 29 heavy (non-hydrogen) atoms. The Morgan fingerprint density at radius 2 is 1.66 bits per heavy atom. The Morgan fingerprint density at radius 3 is 2.24 bits per heavy atom. The van der Waals surface area contributed by atoms with Crippen molar-refractivity contribution in [1.82, 2.24) is 10.2 Å². The van der Waals surface area contributed by atoms with Crippen molar-refractivity contribution in [3.8, 4) is 5.75 Å². The number of amides is 2. The Balaban J connectivity index is 2.16. The molecule has 156 valence electrons. The Kier molecular flexibility index (Phi) is 8.96. The average Bonchev–Trinajstić information content (AvgIpc) is 2.73. The molecule has 0 aliphatic carbocycles. The summed E-state index contributed by atoms with van der Waals surface area (Å²) in [7, 11) is 3.17. The van der Waals surface area contributed by atoms with Crippen molar-refractivity contribution in [1.29, 1.82) is 0 Å². The second-order valence-corrected chi connectivity index (χ2v) is 7.07. The summed E-state index contributed by atoms with van der Waals surface area (Å²) in [5.41, 5.74) is 1.75. The zero-order chi connectivity index (χ0) is 21.2. The van der Waals surface area contributed by atoms with Crippen LogP contribution in [0.4, 0.5) is 0 Å². The molecule has 0 bridgehead atoms. The lowest BCUT2D eigenvalue weighted by atomic mass is 10.1. The van der Waals surface area contributed by atoms with Crippen LogP contribution in [0.1, 0.15) is 18.1 Å². The van der Waals surface area contributed by atoms with Gasteiger partial charge >= 0.3 is 0 Å². The number of nitrogens with zero attached hydrogens (tertiary/aromatic N) is 1. The maximum Gasteiger partial charge on any atom is 0.242 e. The van der Waals surface area contributed by atoms with Crippen molar-refractivity contribution in [2.75, 3.05) is 27.4 Å². The molecule has 0 radical (unpaired) electrons. The summed E-state index contributed by atoms with van der Waals surface area (Å²) in [6.07, 6.45) is 0.184. The maximum absolute atomic E-state index is 13.1. The van der Waals surface area contributed by atoms with Gasteiger partial charge in [-0.3, -0.25) is 9.59 Å². The van der Waals surface area contributed by atoms with Crippen molar-refractivity contribution in [3.05, 3.63) is 64.7 Å². The number of carbonyl (C=O) groups excluding carboxylic acids is 2. The second-order valence-electron chi connectivity index (χ2n) is 6.63. The van der Waals surface area contributed by atoms with E-state index in [1.165, 1.54) is 0 Å². The van der Waals surface area contributed by atoms with Crippen molar-refractivity contribution in [3.63, 3.8) is 0 Å². The first-order valence-corrected chi connectivity index (χ1v) is 9.76. The quantitative estimate of drug-likeness (QED) is 0.602. The van der Waals surface area contributed by atoms with E-state index in [1.54, 1.807) is 38.2 Å². The first-order valence-electron chi connectivity index (χ1n) is 9.38. The molecule has 1 atom stereocenters. The van der Waals surface area contributed by atoms with Gasteiger partial charge < -0.3 is 19.7 Å².